The maximum atomic E-state index is 11.8. The molecule has 0 aliphatic heterocycles. The Labute approximate surface area is 114 Å². The molecule has 5 heteroatoms. The number of hydrogen-bond acceptors (Lipinski definition) is 3. The van der Waals surface area contributed by atoms with Crippen molar-refractivity contribution in [1.29, 1.82) is 0 Å². The molecule has 1 amide bonds. The third-order valence-electron chi connectivity index (χ3n) is 4.07. The highest BCUT2D eigenvalue weighted by Gasteiger charge is 2.62. The molecule has 1 saturated carbocycles. The van der Waals surface area contributed by atoms with Gasteiger partial charge in [-0.2, -0.15) is 0 Å². The molecule has 0 aromatic rings. The molecule has 0 saturated heterocycles. The number of rotatable bonds is 4. The van der Waals surface area contributed by atoms with Crippen LogP contribution in [0.2, 0.25) is 0 Å². The topological polar surface area (TPSA) is 75.6 Å². The molecule has 2 atom stereocenters. The Morgan fingerprint density at radius 2 is 1.79 bits per heavy atom. The van der Waals surface area contributed by atoms with E-state index in [2.05, 4.69) is 19.2 Å². The van der Waals surface area contributed by atoms with Gasteiger partial charge in [-0.25, -0.2) is 4.79 Å². The first-order chi connectivity index (χ1) is 8.37. The van der Waals surface area contributed by atoms with Crippen molar-refractivity contribution < 1.29 is 19.4 Å². The van der Waals surface area contributed by atoms with E-state index >= 15 is 0 Å². The summed E-state index contributed by atoms with van der Waals surface area (Å²) in [5.74, 6) is -0.912. The number of nitrogens with one attached hydrogen (secondary N) is 1. The Morgan fingerprint density at radius 3 is 2.11 bits per heavy atom. The number of alkyl carbamates (subject to hydrolysis) is 1. The van der Waals surface area contributed by atoms with Crippen molar-refractivity contribution >= 4 is 12.1 Å². The van der Waals surface area contributed by atoms with Gasteiger partial charge in [0.25, 0.3) is 0 Å². The lowest BCUT2D eigenvalue weighted by Crippen LogP contribution is -2.45. The van der Waals surface area contributed by atoms with E-state index in [4.69, 9.17) is 9.84 Å². The summed E-state index contributed by atoms with van der Waals surface area (Å²) in [5.41, 5.74) is -0.734. The predicted molar refractivity (Wildman–Crippen MR) is 71.9 cm³/mol. The molecule has 0 bridgehead atoms. The van der Waals surface area contributed by atoms with Crippen LogP contribution >= 0.6 is 0 Å². The molecule has 0 aromatic heterocycles. The summed E-state index contributed by atoms with van der Waals surface area (Å²) in [6.45, 7) is 11.5. The summed E-state index contributed by atoms with van der Waals surface area (Å²) in [4.78, 5) is 22.8. The molecule has 19 heavy (non-hydrogen) atoms. The second kappa shape index (κ2) is 4.69. The molecule has 0 spiro atoms. The molecule has 0 aromatic carbocycles. The van der Waals surface area contributed by atoms with Crippen LogP contribution in [-0.4, -0.2) is 28.8 Å². The largest absolute Gasteiger partial charge is 0.481 e. The van der Waals surface area contributed by atoms with Gasteiger partial charge in [-0.05, 0) is 38.0 Å². The number of aliphatic carboxylic acids is 1. The Bertz CT molecular complexity index is 383. The van der Waals surface area contributed by atoms with Crippen LogP contribution in [0.1, 0.15) is 54.4 Å². The summed E-state index contributed by atoms with van der Waals surface area (Å²) >= 11 is 0. The summed E-state index contributed by atoms with van der Waals surface area (Å²) < 4.78 is 5.20. The second-order valence-electron chi connectivity index (χ2n) is 7.27. The number of carboxylic acid groups (broad SMARTS) is 1. The molecular formula is C14H25NO4. The summed E-state index contributed by atoms with van der Waals surface area (Å²) in [7, 11) is 0. The van der Waals surface area contributed by atoms with Crippen LogP contribution in [0, 0.1) is 10.8 Å². The molecule has 5 nitrogen and oxygen atoms in total. The highest BCUT2D eigenvalue weighted by molar-refractivity contribution is 5.72. The van der Waals surface area contributed by atoms with Gasteiger partial charge >= 0.3 is 12.1 Å². The average molecular weight is 271 g/mol. The van der Waals surface area contributed by atoms with Crippen LogP contribution in [0.15, 0.2) is 0 Å². The van der Waals surface area contributed by atoms with E-state index in [0.29, 0.717) is 0 Å². The van der Waals surface area contributed by atoms with Crippen molar-refractivity contribution in [3.8, 4) is 0 Å². The van der Waals surface area contributed by atoms with E-state index in [1.165, 1.54) is 0 Å². The number of carbonyl (C=O) groups excluding carboxylic acids is 1. The number of hydrogen-bond donors (Lipinski definition) is 2. The van der Waals surface area contributed by atoms with Gasteiger partial charge in [0.15, 0.2) is 0 Å². The summed E-state index contributed by atoms with van der Waals surface area (Å²) in [6, 6.07) is -0.408. The molecule has 1 aliphatic carbocycles. The van der Waals surface area contributed by atoms with Crippen molar-refractivity contribution in [1.82, 2.24) is 5.32 Å². The molecule has 1 aliphatic rings. The van der Waals surface area contributed by atoms with Crippen LogP contribution in [0.4, 0.5) is 4.79 Å². The standard InChI is InChI=1S/C14H25NO4/c1-12(2,3)19-11(18)15-9(7-10(16)17)14(6)8-13(14,4)5/h9H,7-8H2,1-6H3,(H,15,18)(H,16,17). The number of carbonyl (C=O) groups is 2. The van der Waals surface area contributed by atoms with Gasteiger partial charge < -0.3 is 15.2 Å². The Kier molecular flexibility index (Phi) is 3.90. The fourth-order valence-corrected chi connectivity index (χ4v) is 2.53. The van der Waals surface area contributed by atoms with Crippen molar-refractivity contribution in [2.75, 3.05) is 0 Å². The lowest BCUT2D eigenvalue weighted by molar-refractivity contribution is -0.138. The van der Waals surface area contributed by atoms with E-state index in [-0.39, 0.29) is 17.3 Å². The number of amides is 1. The van der Waals surface area contributed by atoms with Crippen molar-refractivity contribution in [2.45, 2.75) is 66.0 Å². The van der Waals surface area contributed by atoms with E-state index in [1.54, 1.807) is 20.8 Å². The normalized spacial score (nSPS) is 26.4. The fourth-order valence-electron chi connectivity index (χ4n) is 2.53. The average Bonchev–Trinajstić information content (AvgIpc) is 2.61. The van der Waals surface area contributed by atoms with Gasteiger partial charge in [-0.1, -0.05) is 20.8 Å². The van der Waals surface area contributed by atoms with E-state index in [0.717, 1.165) is 6.42 Å². The lowest BCUT2D eigenvalue weighted by Gasteiger charge is -2.28. The summed E-state index contributed by atoms with van der Waals surface area (Å²) in [5, 5.41) is 11.7. The van der Waals surface area contributed by atoms with Gasteiger partial charge in [-0.3, -0.25) is 4.79 Å². The molecule has 2 unspecified atom stereocenters. The molecule has 110 valence electrons. The van der Waals surface area contributed by atoms with E-state index < -0.39 is 23.7 Å². The third-order valence-corrected chi connectivity index (χ3v) is 4.07. The Hall–Kier alpha value is -1.26. The molecule has 2 N–H and O–H groups in total. The van der Waals surface area contributed by atoms with Crippen LogP contribution in [0.3, 0.4) is 0 Å². The van der Waals surface area contributed by atoms with Crippen LogP contribution in [0.25, 0.3) is 0 Å². The predicted octanol–water partition coefficient (Wildman–Crippen LogP) is 2.79. The Morgan fingerprint density at radius 1 is 1.32 bits per heavy atom. The first-order valence-corrected chi connectivity index (χ1v) is 6.59. The van der Waals surface area contributed by atoms with E-state index in [1.807, 2.05) is 6.92 Å². The summed E-state index contributed by atoms with van der Waals surface area (Å²) in [6.07, 6.45) is 0.259. The molecule has 1 rings (SSSR count). The van der Waals surface area contributed by atoms with Crippen molar-refractivity contribution in [3.63, 3.8) is 0 Å². The van der Waals surface area contributed by atoms with Crippen molar-refractivity contribution in [2.24, 2.45) is 10.8 Å². The minimum absolute atomic E-state index is 0.0438. The van der Waals surface area contributed by atoms with E-state index in [9.17, 15) is 9.59 Å². The van der Waals surface area contributed by atoms with Gasteiger partial charge in [0.2, 0.25) is 0 Å². The maximum absolute atomic E-state index is 11.8. The van der Waals surface area contributed by atoms with Crippen molar-refractivity contribution in [3.05, 3.63) is 0 Å². The van der Waals surface area contributed by atoms with Gasteiger partial charge in [0, 0.05) is 6.04 Å². The van der Waals surface area contributed by atoms with Gasteiger partial charge in [0.1, 0.15) is 5.60 Å². The SMILES string of the molecule is CC(C)(C)OC(=O)NC(CC(=O)O)C1(C)CC1(C)C. The smallest absolute Gasteiger partial charge is 0.407 e. The minimum Gasteiger partial charge on any atom is -0.481 e. The fraction of sp³-hybridized carbons (Fsp3) is 0.857. The zero-order chi connectivity index (χ0) is 15.1. The van der Waals surface area contributed by atoms with Gasteiger partial charge in [-0.15, -0.1) is 0 Å². The zero-order valence-electron chi connectivity index (χ0n) is 12.7. The molecule has 0 radical (unpaired) electrons. The molecular weight excluding hydrogens is 246 g/mol. The highest BCUT2D eigenvalue weighted by Crippen LogP contribution is 2.65. The van der Waals surface area contributed by atoms with Crippen LogP contribution < -0.4 is 5.32 Å². The quantitative estimate of drug-likeness (QED) is 0.824. The Balaban J connectivity index is 2.72. The second-order valence-corrected chi connectivity index (χ2v) is 7.27. The molecule has 0 heterocycles. The lowest BCUT2D eigenvalue weighted by atomic mass is 9.88. The van der Waals surface area contributed by atoms with Gasteiger partial charge in [0.05, 0.1) is 6.42 Å². The number of carboxylic acids is 1. The van der Waals surface area contributed by atoms with Crippen LogP contribution in [0.5, 0.6) is 0 Å². The van der Waals surface area contributed by atoms with Crippen LogP contribution in [-0.2, 0) is 9.53 Å². The monoisotopic (exact) mass is 271 g/mol. The zero-order valence-corrected chi connectivity index (χ0v) is 12.7. The minimum atomic E-state index is -0.912. The first-order valence-electron chi connectivity index (χ1n) is 6.59. The molecule has 1 fully saturated rings. The maximum Gasteiger partial charge on any atom is 0.407 e. The highest BCUT2D eigenvalue weighted by atomic mass is 16.6. The third kappa shape index (κ3) is 3.85. The number of ether oxygens (including phenoxy) is 1. The first kappa shape index (κ1) is 15.8.